The number of hydrogen-bond donors (Lipinski definition) is 2. The lowest BCUT2D eigenvalue weighted by molar-refractivity contribution is -0.144. The Hall–Kier alpha value is -1.79. The SMILES string of the molecule is COC(=O)C(NC(=O)N1C[C@@H](C)[C@H](C(=O)O)C1)C(C)C. The van der Waals surface area contributed by atoms with Gasteiger partial charge in [0.05, 0.1) is 13.0 Å². The summed E-state index contributed by atoms with van der Waals surface area (Å²) in [5.41, 5.74) is 0. The van der Waals surface area contributed by atoms with Crippen molar-refractivity contribution in [1.82, 2.24) is 10.2 Å². The molecule has 0 radical (unpaired) electrons. The minimum atomic E-state index is -0.902. The molecule has 1 aliphatic heterocycles. The molecule has 7 heteroatoms. The van der Waals surface area contributed by atoms with Gasteiger partial charge in [-0.3, -0.25) is 4.79 Å². The smallest absolute Gasteiger partial charge is 0.328 e. The van der Waals surface area contributed by atoms with Gasteiger partial charge in [-0.25, -0.2) is 9.59 Å². The van der Waals surface area contributed by atoms with E-state index in [9.17, 15) is 14.4 Å². The van der Waals surface area contributed by atoms with E-state index in [1.165, 1.54) is 12.0 Å². The molecule has 2 amide bonds. The van der Waals surface area contributed by atoms with Crippen LogP contribution in [-0.2, 0) is 14.3 Å². The summed E-state index contributed by atoms with van der Waals surface area (Å²) in [6.07, 6.45) is 0. The van der Waals surface area contributed by atoms with Crippen LogP contribution in [0.2, 0.25) is 0 Å². The van der Waals surface area contributed by atoms with E-state index in [2.05, 4.69) is 10.1 Å². The van der Waals surface area contributed by atoms with Crippen molar-refractivity contribution in [3.8, 4) is 0 Å². The summed E-state index contributed by atoms with van der Waals surface area (Å²) in [5, 5.41) is 11.7. The van der Waals surface area contributed by atoms with Crippen molar-refractivity contribution in [2.45, 2.75) is 26.8 Å². The van der Waals surface area contributed by atoms with Crippen molar-refractivity contribution < 1.29 is 24.2 Å². The molecule has 1 heterocycles. The monoisotopic (exact) mass is 286 g/mol. The number of methoxy groups -OCH3 is 1. The number of ether oxygens (including phenoxy) is 1. The molecule has 2 N–H and O–H groups in total. The first-order valence-electron chi connectivity index (χ1n) is 6.64. The number of carbonyl (C=O) groups is 3. The van der Waals surface area contributed by atoms with Crippen molar-refractivity contribution >= 4 is 18.0 Å². The lowest BCUT2D eigenvalue weighted by Crippen LogP contribution is -2.50. The van der Waals surface area contributed by atoms with Gasteiger partial charge in [0.25, 0.3) is 0 Å². The summed E-state index contributed by atoms with van der Waals surface area (Å²) >= 11 is 0. The zero-order valence-corrected chi connectivity index (χ0v) is 12.3. The Morgan fingerprint density at radius 2 is 1.90 bits per heavy atom. The minimum Gasteiger partial charge on any atom is -0.481 e. The van der Waals surface area contributed by atoms with Crippen molar-refractivity contribution in [2.24, 2.45) is 17.8 Å². The Bertz CT molecular complexity index is 396. The van der Waals surface area contributed by atoms with E-state index in [0.717, 1.165) is 0 Å². The molecule has 3 atom stereocenters. The third-order valence-corrected chi connectivity index (χ3v) is 3.62. The van der Waals surface area contributed by atoms with Gasteiger partial charge in [-0.2, -0.15) is 0 Å². The van der Waals surface area contributed by atoms with Crippen LogP contribution in [0.15, 0.2) is 0 Å². The van der Waals surface area contributed by atoms with Crippen LogP contribution in [0.3, 0.4) is 0 Å². The normalized spacial score (nSPS) is 23.6. The summed E-state index contributed by atoms with van der Waals surface area (Å²) in [4.78, 5) is 36.2. The first kappa shape index (κ1) is 16.3. The van der Waals surface area contributed by atoms with Gasteiger partial charge in [0.1, 0.15) is 6.04 Å². The highest BCUT2D eigenvalue weighted by molar-refractivity contribution is 5.84. The van der Waals surface area contributed by atoms with Crippen LogP contribution in [0.25, 0.3) is 0 Å². The van der Waals surface area contributed by atoms with Crippen LogP contribution in [0.5, 0.6) is 0 Å². The van der Waals surface area contributed by atoms with Crippen molar-refractivity contribution in [3.63, 3.8) is 0 Å². The molecule has 0 aromatic heterocycles. The lowest BCUT2D eigenvalue weighted by atomic mass is 9.99. The van der Waals surface area contributed by atoms with Crippen LogP contribution in [0.1, 0.15) is 20.8 Å². The maximum atomic E-state index is 12.1. The second kappa shape index (κ2) is 6.58. The molecular weight excluding hydrogens is 264 g/mol. The molecular formula is C13H22N2O5. The molecule has 20 heavy (non-hydrogen) atoms. The lowest BCUT2D eigenvalue weighted by Gasteiger charge is -2.24. The molecule has 0 aliphatic carbocycles. The first-order valence-corrected chi connectivity index (χ1v) is 6.64. The molecule has 1 fully saturated rings. The van der Waals surface area contributed by atoms with Crippen molar-refractivity contribution in [3.05, 3.63) is 0 Å². The van der Waals surface area contributed by atoms with Gasteiger partial charge in [-0.15, -0.1) is 0 Å². The Kier molecular flexibility index (Phi) is 5.35. The summed E-state index contributed by atoms with van der Waals surface area (Å²) < 4.78 is 4.65. The van der Waals surface area contributed by atoms with E-state index >= 15 is 0 Å². The fourth-order valence-electron chi connectivity index (χ4n) is 2.30. The molecule has 1 saturated heterocycles. The second-order valence-corrected chi connectivity index (χ2v) is 5.52. The van der Waals surface area contributed by atoms with Gasteiger partial charge < -0.3 is 20.1 Å². The molecule has 114 valence electrons. The van der Waals surface area contributed by atoms with Crippen LogP contribution in [-0.4, -0.2) is 54.2 Å². The number of hydrogen-bond acceptors (Lipinski definition) is 4. The number of nitrogens with zero attached hydrogens (tertiary/aromatic N) is 1. The number of esters is 1. The number of rotatable bonds is 4. The molecule has 1 unspecified atom stereocenters. The molecule has 1 rings (SSSR count). The van der Waals surface area contributed by atoms with Crippen LogP contribution in [0, 0.1) is 17.8 Å². The molecule has 1 aliphatic rings. The maximum absolute atomic E-state index is 12.1. The topological polar surface area (TPSA) is 95.9 Å². The van der Waals surface area contributed by atoms with E-state index in [4.69, 9.17) is 5.11 Å². The fraction of sp³-hybridized carbons (Fsp3) is 0.769. The van der Waals surface area contributed by atoms with Gasteiger partial charge in [0, 0.05) is 13.1 Å². The highest BCUT2D eigenvalue weighted by Crippen LogP contribution is 2.23. The molecule has 7 nitrogen and oxygen atoms in total. The van der Waals surface area contributed by atoms with Gasteiger partial charge >= 0.3 is 18.0 Å². The molecule has 0 saturated carbocycles. The van der Waals surface area contributed by atoms with E-state index < -0.39 is 29.9 Å². The van der Waals surface area contributed by atoms with Gasteiger partial charge in [-0.1, -0.05) is 20.8 Å². The molecule has 0 bridgehead atoms. The number of likely N-dealkylation sites (tertiary alicyclic amines) is 1. The predicted molar refractivity (Wildman–Crippen MR) is 71.0 cm³/mol. The third-order valence-electron chi connectivity index (χ3n) is 3.62. The average molecular weight is 286 g/mol. The zero-order valence-electron chi connectivity index (χ0n) is 12.3. The summed E-state index contributed by atoms with van der Waals surface area (Å²) in [6.45, 7) is 5.93. The van der Waals surface area contributed by atoms with E-state index in [1.54, 1.807) is 20.8 Å². The third kappa shape index (κ3) is 3.61. The van der Waals surface area contributed by atoms with Crippen molar-refractivity contribution in [2.75, 3.05) is 20.2 Å². The summed E-state index contributed by atoms with van der Waals surface area (Å²) in [6, 6.07) is -1.16. The van der Waals surface area contributed by atoms with Crippen LogP contribution < -0.4 is 5.32 Å². The number of carboxylic acid groups (broad SMARTS) is 1. The number of carboxylic acids is 1. The minimum absolute atomic E-state index is 0.103. The number of aliphatic carboxylic acids is 1. The van der Waals surface area contributed by atoms with Gasteiger partial charge in [0.15, 0.2) is 0 Å². The van der Waals surface area contributed by atoms with E-state index in [0.29, 0.717) is 6.54 Å². The standard InChI is InChI=1S/C13H22N2O5/c1-7(2)10(12(18)20-4)14-13(19)15-5-8(3)9(6-15)11(16)17/h7-10H,5-6H2,1-4H3,(H,14,19)(H,16,17)/t8-,9-,10?/m1/s1. The Balaban J connectivity index is 2.67. The fourth-order valence-corrected chi connectivity index (χ4v) is 2.30. The van der Waals surface area contributed by atoms with Gasteiger partial charge in [-0.05, 0) is 11.8 Å². The largest absolute Gasteiger partial charge is 0.481 e. The maximum Gasteiger partial charge on any atom is 0.328 e. The Morgan fingerprint density at radius 3 is 2.30 bits per heavy atom. The van der Waals surface area contributed by atoms with Crippen LogP contribution in [0.4, 0.5) is 4.79 Å². The number of carbonyl (C=O) groups excluding carboxylic acids is 2. The predicted octanol–water partition coefficient (Wildman–Crippen LogP) is 0.546. The zero-order chi connectivity index (χ0) is 15.4. The van der Waals surface area contributed by atoms with E-state index in [-0.39, 0.29) is 18.4 Å². The van der Waals surface area contributed by atoms with Crippen LogP contribution >= 0.6 is 0 Å². The molecule has 0 aromatic rings. The number of nitrogens with one attached hydrogen (secondary N) is 1. The highest BCUT2D eigenvalue weighted by atomic mass is 16.5. The average Bonchev–Trinajstić information content (AvgIpc) is 2.76. The quantitative estimate of drug-likeness (QED) is 0.736. The highest BCUT2D eigenvalue weighted by Gasteiger charge is 2.38. The second-order valence-electron chi connectivity index (χ2n) is 5.52. The Labute approximate surface area is 118 Å². The van der Waals surface area contributed by atoms with Crippen molar-refractivity contribution in [1.29, 1.82) is 0 Å². The Morgan fingerprint density at radius 1 is 1.30 bits per heavy atom. The van der Waals surface area contributed by atoms with Gasteiger partial charge in [0.2, 0.25) is 0 Å². The van der Waals surface area contributed by atoms with E-state index in [1.807, 2.05) is 0 Å². The number of urea groups is 1. The molecule has 0 spiro atoms. The summed E-state index contributed by atoms with van der Waals surface area (Å²) in [5.74, 6) is -2.18. The summed E-state index contributed by atoms with van der Waals surface area (Å²) in [7, 11) is 1.27. The molecule has 0 aromatic carbocycles. The number of amides is 2. The first-order chi connectivity index (χ1) is 9.27.